The zero-order chi connectivity index (χ0) is 12.5. The first-order chi connectivity index (χ1) is 8.22. The molecule has 0 bridgehead atoms. The first kappa shape index (κ1) is 13.7. The van der Waals surface area contributed by atoms with Crippen molar-refractivity contribution in [2.75, 3.05) is 6.61 Å². The molecule has 1 fully saturated rings. The monoisotopic (exact) mass is 242 g/mol. The van der Waals surface area contributed by atoms with Crippen molar-refractivity contribution < 1.29 is 23.8 Å². The summed E-state index contributed by atoms with van der Waals surface area (Å²) >= 11 is 0. The molecular weight excluding hydrogens is 224 g/mol. The molecule has 1 saturated heterocycles. The molecule has 1 atom stereocenters. The van der Waals surface area contributed by atoms with Gasteiger partial charge in [0.1, 0.15) is 0 Å². The molecule has 0 aromatic rings. The lowest BCUT2D eigenvalue weighted by atomic mass is 10.2. The van der Waals surface area contributed by atoms with Gasteiger partial charge in [-0.15, -0.1) is 0 Å². The average molecular weight is 242 g/mol. The second-order valence-electron chi connectivity index (χ2n) is 3.80. The Balaban J connectivity index is 1.99. The minimum atomic E-state index is -0.367. The zero-order valence-corrected chi connectivity index (χ0v) is 9.85. The summed E-state index contributed by atoms with van der Waals surface area (Å²) in [7, 11) is 0. The Kier molecular flexibility index (Phi) is 6.32. The second-order valence-corrected chi connectivity index (χ2v) is 3.80. The summed E-state index contributed by atoms with van der Waals surface area (Å²) in [6.07, 6.45) is 4.26. The molecule has 1 rings (SSSR count). The molecule has 1 unspecified atom stereocenters. The highest BCUT2D eigenvalue weighted by molar-refractivity contribution is 5.71. The van der Waals surface area contributed by atoms with E-state index in [9.17, 15) is 9.59 Å². The van der Waals surface area contributed by atoms with Crippen LogP contribution in [0.3, 0.4) is 0 Å². The number of hydrogen-bond donors (Lipinski definition) is 0. The van der Waals surface area contributed by atoms with Gasteiger partial charge in [0, 0.05) is 19.3 Å². The van der Waals surface area contributed by atoms with E-state index < -0.39 is 0 Å². The molecule has 1 aliphatic rings. The Morgan fingerprint density at radius 1 is 1.29 bits per heavy atom. The lowest BCUT2D eigenvalue weighted by Gasteiger charge is -2.10. The normalized spacial score (nSPS) is 18.7. The zero-order valence-electron chi connectivity index (χ0n) is 9.85. The highest BCUT2D eigenvalue weighted by atomic mass is 16.7. The van der Waals surface area contributed by atoms with Crippen molar-refractivity contribution in [3.8, 4) is 0 Å². The lowest BCUT2D eigenvalue weighted by molar-refractivity contribution is -0.170. The van der Waals surface area contributed by atoms with Gasteiger partial charge in [-0.05, 0) is 19.3 Å². The SMILES string of the molecule is C=COC(=O)CCCCC(=O)OC1CCCO1. The third-order valence-corrected chi connectivity index (χ3v) is 2.38. The summed E-state index contributed by atoms with van der Waals surface area (Å²) in [6, 6.07) is 0. The van der Waals surface area contributed by atoms with Crippen LogP contribution in [0.2, 0.25) is 0 Å². The van der Waals surface area contributed by atoms with Gasteiger partial charge in [-0.25, -0.2) is 0 Å². The van der Waals surface area contributed by atoms with E-state index in [-0.39, 0.29) is 18.2 Å². The molecule has 0 aromatic carbocycles. The molecule has 5 nitrogen and oxygen atoms in total. The predicted molar refractivity (Wildman–Crippen MR) is 59.8 cm³/mol. The number of hydrogen-bond acceptors (Lipinski definition) is 5. The summed E-state index contributed by atoms with van der Waals surface area (Å²) < 4.78 is 14.8. The predicted octanol–water partition coefficient (Wildman–Crippen LogP) is 1.91. The molecule has 0 amide bonds. The summed E-state index contributed by atoms with van der Waals surface area (Å²) in [5.41, 5.74) is 0. The van der Waals surface area contributed by atoms with Gasteiger partial charge in [0.2, 0.25) is 6.29 Å². The number of unbranched alkanes of at least 4 members (excludes halogenated alkanes) is 1. The summed E-state index contributed by atoms with van der Waals surface area (Å²) in [6.45, 7) is 3.94. The van der Waals surface area contributed by atoms with Gasteiger partial charge < -0.3 is 14.2 Å². The van der Waals surface area contributed by atoms with Crippen molar-refractivity contribution in [3.63, 3.8) is 0 Å². The van der Waals surface area contributed by atoms with Crippen LogP contribution in [0.25, 0.3) is 0 Å². The van der Waals surface area contributed by atoms with Gasteiger partial charge in [-0.3, -0.25) is 9.59 Å². The third-order valence-electron chi connectivity index (χ3n) is 2.38. The Morgan fingerprint density at radius 3 is 2.59 bits per heavy atom. The maximum absolute atomic E-state index is 11.3. The highest BCUT2D eigenvalue weighted by Gasteiger charge is 2.19. The van der Waals surface area contributed by atoms with Gasteiger partial charge in [0.25, 0.3) is 0 Å². The smallest absolute Gasteiger partial charge is 0.310 e. The standard InChI is InChI=1S/C12H18O5/c1-2-15-10(13)6-3-4-7-11(14)17-12-8-5-9-16-12/h2,12H,1,3-9H2. The maximum Gasteiger partial charge on any atom is 0.310 e. The average Bonchev–Trinajstić information content (AvgIpc) is 2.77. The molecule has 0 saturated carbocycles. The Morgan fingerprint density at radius 2 is 2.00 bits per heavy atom. The molecule has 0 aliphatic carbocycles. The van der Waals surface area contributed by atoms with Gasteiger partial charge in [-0.2, -0.15) is 0 Å². The lowest BCUT2D eigenvalue weighted by Crippen LogP contribution is -2.16. The van der Waals surface area contributed by atoms with Crippen LogP contribution >= 0.6 is 0 Å². The summed E-state index contributed by atoms with van der Waals surface area (Å²) in [5, 5.41) is 0. The Labute approximate surface area is 101 Å². The van der Waals surface area contributed by atoms with Crippen molar-refractivity contribution in [1.82, 2.24) is 0 Å². The van der Waals surface area contributed by atoms with E-state index >= 15 is 0 Å². The number of rotatable bonds is 7. The van der Waals surface area contributed by atoms with Gasteiger partial charge in [0.15, 0.2) is 0 Å². The van der Waals surface area contributed by atoms with Crippen molar-refractivity contribution in [3.05, 3.63) is 12.8 Å². The molecular formula is C12H18O5. The van der Waals surface area contributed by atoms with Crippen molar-refractivity contribution in [2.45, 2.75) is 44.8 Å². The van der Waals surface area contributed by atoms with Crippen LogP contribution < -0.4 is 0 Å². The van der Waals surface area contributed by atoms with E-state index in [4.69, 9.17) is 9.47 Å². The van der Waals surface area contributed by atoms with E-state index in [1.807, 2.05) is 0 Å². The molecule has 0 aromatic heterocycles. The summed E-state index contributed by atoms with van der Waals surface area (Å²) in [4.78, 5) is 22.3. The van der Waals surface area contributed by atoms with Crippen LogP contribution in [0.5, 0.6) is 0 Å². The fourth-order valence-electron chi connectivity index (χ4n) is 1.54. The van der Waals surface area contributed by atoms with Crippen LogP contribution in [0.1, 0.15) is 38.5 Å². The molecule has 1 aliphatic heterocycles. The van der Waals surface area contributed by atoms with E-state index in [0.717, 1.165) is 19.1 Å². The number of carbonyl (C=O) groups excluding carboxylic acids is 2. The number of carbonyl (C=O) groups is 2. The molecule has 0 N–H and O–H groups in total. The minimum Gasteiger partial charge on any atom is -0.436 e. The van der Waals surface area contributed by atoms with Gasteiger partial charge in [-0.1, -0.05) is 6.58 Å². The van der Waals surface area contributed by atoms with E-state index in [0.29, 0.717) is 32.3 Å². The third kappa shape index (κ3) is 6.06. The van der Waals surface area contributed by atoms with E-state index in [1.165, 1.54) is 0 Å². The maximum atomic E-state index is 11.3. The van der Waals surface area contributed by atoms with Crippen LogP contribution in [-0.4, -0.2) is 24.8 Å². The fourth-order valence-corrected chi connectivity index (χ4v) is 1.54. The Bertz CT molecular complexity index is 268. The van der Waals surface area contributed by atoms with Crippen LogP contribution in [0, 0.1) is 0 Å². The van der Waals surface area contributed by atoms with Crippen molar-refractivity contribution in [2.24, 2.45) is 0 Å². The molecule has 96 valence electrons. The molecule has 0 spiro atoms. The van der Waals surface area contributed by atoms with Crippen LogP contribution in [0.4, 0.5) is 0 Å². The van der Waals surface area contributed by atoms with Crippen molar-refractivity contribution in [1.29, 1.82) is 0 Å². The highest BCUT2D eigenvalue weighted by Crippen LogP contribution is 2.14. The second kappa shape index (κ2) is 7.84. The largest absolute Gasteiger partial charge is 0.436 e. The van der Waals surface area contributed by atoms with Crippen molar-refractivity contribution >= 4 is 11.9 Å². The molecule has 17 heavy (non-hydrogen) atoms. The van der Waals surface area contributed by atoms with Gasteiger partial charge >= 0.3 is 11.9 Å². The number of ether oxygens (including phenoxy) is 3. The topological polar surface area (TPSA) is 61.8 Å². The quantitative estimate of drug-likeness (QED) is 0.387. The number of esters is 2. The molecule has 0 radical (unpaired) electrons. The fraction of sp³-hybridized carbons (Fsp3) is 0.667. The minimum absolute atomic E-state index is 0.269. The molecule has 1 heterocycles. The Hall–Kier alpha value is -1.36. The van der Waals surface area contributed by atoms with Crippen LogP contribution in [0.15, 0.2) is 12.8 Å². The first-order valence-corrected chi connectivity index (χ1v) is 5.84. The van der Waals surface area contributed by atoms with E-state index in [1.54, 1.807) is 0 Å². The summed E-state index contributed by atoms with van der Waals surface area (Å²) in [5.74, 6) is -0.596. The van der Waals surface area contributed by atoms with Gasteiger partial charge in [0.05, 0.1) is 12.9 Å². The first-order valence-electron chi connectivity index (χ1n) is 5.84. The molecule has 5 heteroatoms. The van der Waals surface area contributed by atoms with Crippen LogP contribution in [-0.2, 0) is 23.8 Å². The van der Waals surface area contributed by atoms with E-state index in [2.05, 4.69) is 11.3 Å².